The van der Waals surface area contributed by atoms with Crippen LogP contribution in [0.25, 0.3) is 21.3 Å². The second-order valence-electron chi connectivity index (χ2n) is 8.57. The zero-order valence-corrected chi connectivity index (χ0v) is 22.5. The van der Waals surface area contributed by atoms with Gasteiger partial charge in [-0.3, -0.25) is 4.79 Å². The van der Waals surface area contributed by atoms with Crippen LogP contribution in [-0.2, 0) is 23.1 Å². The summed E-state index contributed by atoms with van der Waals surface area (Å²) in [5.74, 6) is 0.253. The molecule has 39 heavy (non-hydrogen) atoms. The third-order valence-corrected chi connectivity index (χ3v) is 8.50. The van der Waals surface area contributed by atoms with Crippen LogP contribution in [0.2, 0.25) is 0 Å². The van der Waals surface area contributed by atoms with Gasteiger partial charge in [-0.25, -0.2) is 28.1 Å². The van der Waals surface area contributed by atoms with Crippen LogP contribution < -0.4 is 21.1 Å². The highest BCUT2D eigenvalue weighted by Crippen LogP contribution is 2.31. The van der Waals surface area contributed by atoms with Gasteiger partial charge >= 0.3 is 0 Å². The largest absolute Gasteiger partial charge is 0.383 e. The first-order valence-corrected chi connectivity index (χ1v) is 14.2. The number of carbonyl (C=O) groups is 1. The molecule has 12 heteroatoms. The second kappa shape index (κ2) is 11.2. The van der Waals surface area contributed by atoms with E-state index in [0.29, 0.717) is 12.4 Å². The van der Waals surface area contributed by atoms with Crippen molar-refractivity contribution >= 4 is 49.8 Å². The summed E-state index contributed by atoms with van der Waals surface area (Å²) in [6.07, 6.45) is 2.68. The highest BCUT2D eigenvalue weighted by molar-refractivity contribution is 7.89. The summed E-state index contributed by atoms with van der Waals surface area (Å²) in [5.41, 5.74) is 8.72. The zero-order valence-electron chi connectivity index (χ0n) is 20.9. The molecule has 0 atom stereocenters. The third-order valence-electron chi connectivity index (χ3n) is 6.00. The van der Waals surface area contributed by atoms with Gasteiger partial charge < -0.3 is 16.4 Å². The Kier molecular flexibility index (Phi) is 7.50. The fraction of sp³-hybridized carbons (Fsp3) is 0.111. The lowest BCUT2D eigenvalue weighted by atomic mass is 10.1. The van der Waals surface area contributed by atoms with Gasteiger partial charge in [0.15, 0.2) is 0 Å². The number of pyridine rings is 1. The van der Waals surface area contributed by atoms with E-state index in [0.717, 1.165) is 31.8 Å². The van der Waals surface area contributed by atoms with Crippen molar-refractivity contribution in [2.75, 3.05) is 18.1 Å². The van der Waals surface area contributed by atoms with Crippen LogP contribution >= 0.6 is 11.3 Å². The predicted octanol–water partition coefficient (Wildman–Crippen LogP) is 3.79. The number of nitrogens with zero attached hydrogens (tertiary/aromatic N) is 3. The molecule has 1 amide bonds. The molecule has 5 aromatic rings. The van der Waals surface area contributed by atoms with Crippen LogP contribution in [0.5, 0.6) is 0 Å². The van der Waals surface area contributed by atoms with Crippen molar-refractivity contribution in [3.63, 3.8) is 0 Å². The van der Waals surface area contributed by atoms with Crippen LogP contribution in [0.4, 0.5) is 11.6 Å². The Hall–Kier alpha value is -4.39. The summed E-state index contributed by atoms with van der Waals surface area (Å²) in [7, 11) is -2.41. The molecule has 0 saturated heterocycles. The summed E-state index contributed by atoms with van der Waals surface area (Å²) in [4.78, 5) is 27.1. The number of benzene rings is 2. The second-order valence-corrected chi connectivity index (χ2v) is 11.5. The molecule has 0 aliphatic heterocycles. The van der Waals surface area contributed by atoms with Gasteiger partial charge in [-0.1, -0.05) is 36.4 Å². The Morgan fingerprint density at radius 1 is 0.974 bits per heavy atom. The van der Waals surface area contributed by atoms with Crippen LogP contribution in [0.3, 0.4) is 0 Å². The van der Waals surface area contributed by atoms with Crippen molar-refractivity contribution in [2.45, 2.75) is 18.0 Å². The zero-order chi connectivity index (χ0) is 27.4. The molecule has 3 heterocycles. The molecule has 0 unspecified atom stereocenters. The molecule has 0 spiro atoms. The highest BCUT2D eigenvalue weighted by Gasteiger charge is 2.20. The number of nitrogens with one attached hydrogen (secondary N) is 3. The smallest absolute Gasteiger partial charge is 0.254 e. The van der Waals surface area contributed by atoms with Gasteiger partial charge in [0, 0.05) is 34.9 Å². The highest BCUT2D eigenvalue weighted by atomic mass is 32.2. The summed E-state index contributed by atoms with van der Waals surface area (Å²) in [6, 6.07) is 20.3. The van der Waals surface area contributed by atoms with Gasteiger partial charge in [0.05, 0.1) is 17.6 Å². The van der Waals surface area contributed by atoms with Gasteiger partial charge in [0.1, 0.15) is 22.9 Å². The number of carbonyl (C=O) groups excluding carboxylic acids is 1. The average Bonchev–Trinajstić information content (AvgIpc) is 3.44. The normalized spacial score (nSPS) is 11.4. The first-order valence-electron chi connectivity index (χ1n) is 11.9. The van der Waals surface area contributed by atoms with E-state index in [1.54, 1.807) is 11.3 Å². The molecule has 2 aromatic carbocycles. The minimum atomic E-state index is -3.89. The van der Waals surface area contributed by atoms with Gasteiger partial charge in [-0.2, -0.15) is 0 Å². The fourth-order valence-corrected chi connectivity index (χ4v) is 5.86. The molecule has 0 fully saturated rings. The number of anilines is 2. The molecule has 10 nitrogen and oxygen atoms in total. The van der Waals surface area contributed by atoms with E-state index in [2.05, 4.69) is 30.3 Å². The Bertz CT molecular complexity index is 1760. The van der Waals surface area contributed by atoms with Crippen molar-refractivity contribution in [1.82, 2.24) is 25.0 Å². The number of rotatable bonds is 9. The molecule has 3 aromatic heterocycles. The quantitative estimate of drug-likeness (QED) is 0.213. The molecular formula is C27H25N7O3S2. The number of aromatic nitrogens is 3. The lowest BCUT2D eigenvalue weighted by Crippen LogP contribution is -2.25. The lowest BCUT2D eigenvalue weighted by Gasteiger charge is -2.12. The van der Waals surface area contributed by atoms with Crippen molar-refractivity contribution in [3.05, 3.63) is 95.3 Å². The van der Waals surface area contributed by atoms with Crippen LogP contribution in [0, 0.1) is 0 Å². The Morgan fingerprint density at radius 3 is 2.59 bits per heavy atom. The number of fused-ring (bicyclic) bond motifs is 1. The van der Waals surface area contributed by atoms with E-state index in [4.69, 9.17) is 5.73 Å². The number of hydrogen-bond donors (Lipinski definition) is 4. The molecule has 0 aliphatic rings. The maximum atomic E-state index is 12.9. The van der Waals surface area contributed by atoms with Crippen LogP contribution in [0.1, 0.15) is 20.8 Å². The molecule has 5 rings (SSSR count). The molecule has 0 radical (unpaired) electrons. The molecule has 5 N–H and O–H groups in total. The molecule has 0 saturated carbocycles. The Labute approximate surface area is 229 Å². The summed E-state index contributed by atoms with van der Waals surface area (Å²) >= 11 is 1.57. The number of nitrogen functional groups attached to an aromatic ring is 1. The van der Waals surface area contributed by atoms with E-state index < -0.39 is 15.9 Å². The maximum absolute atomic E-state index is 12.9. The first-order chi connectivity index (χ1) is 18.8. The topological polar surface area (TPSA) is 152 Å². The third kappa shape index (κ3) is 5.87. The standard InChI is InChI=1S/C27H25N7O3S2/c1-29-27(35)22-12-20(39(36,37)34-13-17-5-3-2-4-6-17)15-31-26(22)30-14-19-8-10-24(38-19)18-7-9-23-21(11-18)25(28)33-16-32-23/h2-12,15-16,34H,13-14H2,1H3,(H,29,35)(H,30,31)(H2,28,32,33). The summed E-state index contributed by atoms with van der Waals surface area (Å²) in [6.45, 7) is 0.509. The SMILES string of the molecule is CNC(=O)c1cc(S(=O)(=O)NCc2ccccc2)cnc1NCc1ccc(-c2ccc3ncnc(N)c3c2)s1. The van der Waals surface area contributed by atoms with E-state index in [9.17, 15) is 13.2 Å². The van der Waals surface area contributed by atoms with Gasteiger partial charge in [0.2, 0.25) is 10.0 Å². The van der Waals surface area contributed by atoms with Gasteiger partial charge in [0.25, 0.3) is 5.91 Å². The minimum Gasteiger partial charge on any atom is -0.383 e. The number of amides is 1. The van der Waals surface area contributed by atoms with Crippen molar-refractivity contribution < 1.29 is 13.2 Å². The first kappa shape index (κ1) is 26.2. The molecule has 0 aliphatic carbocycles. The molecule has 198 valence electrons. The van der Waals surface area contributed by atoms with Crippen LogP contribution in [0.15, 0.2) is 84.1 Å². The fourth-order valence-electron chi connectivity index (χ4n) is 3.93. The lowest BCUT2D eigenvalue weighted by molar-refractivity contribution is 0.0963. The summed E-state index contributed by atoms with van der Waals surface area (Å²) < 4.78 is 28.3. The number of nitrogens with two attached hydrogens (primary N) is 1. The predicted molar refractivity (Wildman–Crippen MR) is 153 cm³/mol. The van der Waals surface area contributed by atoms with Gasteiger partial charge in [-0.15, -0.1) is 11.3 Å². The number of sulfonamides is 1. The van der Waals surface area contributed by atoms with Crippen LogP contribution in [-0.4, -0.2) is 36.3 Å². The van der Waals surface area contributed by atoms with Gasteiger partial charge in [-0.05, 0) is 41.5 Å². The molecule has 0 bridgehead atoms. The molecular weight excluding hydrogens is 534 g/mol. The maximum Gasteiger partial charge on any atom is 0.254 e. The van der Waals surface area contributed by atoms with E-state index in [1.807, 2.05) is 60.7 Å². The van der Waals surface area contributed by atoms with Crippen molar-refractivity contribution in [3.8, 4) is 10.4 Å². The summed E-state index contributed by atoms with van der Waals surface area (Å²) in [5, 5.41) is 6.50. The monoisotopic (exact) mass is 559 g/mol. The number of thiophene rings is 1. The van der Waals surface area contributed by atoms with E-state index >= 15 is 0 Å². The van der Waals surface area contributed by atoms with E-state index in [1.165, 1.54) is 25.6 Å². The average molecular weight is 560 g/mol. The Balaban J connectivity index is 1.33. The van der Waals surface area contributed by atoms with E-state index in [-0.39, 0.29) is 22.8 Å². The van der Waals surface area contributed by atoms with Crippen molar-refractivity contribution in [1.29, 1.82) is 0 Å². The Morgan fingerprint density at radius 2 is 1.79 bits per heavy atom. The number of hydrogen-bond acceptors (Lipinski definition) is 9. The van der Waals surface area contributed by atoms with Crippen molar-refractivity contribution in [2.24, 2.45) is 0 Å². The minimum absolute atomic E-state index is 0.0967.